The Kier molecular flexibility index (Phi) is 5.82. The Morgan fingerprint density at radius 3 is 2.40 bits per heavy atom. The van der Waals surface area contributed by atoms with Gasteiger partial charge in [-0.1, -0.05) is 42.5 Å². The van der Waals surface area contributed by atoms with Crippen LogP contribution in [0.3, 0.4) is 0 Å². The zero-order valence-electron chi connectivity index (χ0n) is 14.6. The molecule has 0 spiro atoms. The van der Waals surface area contributed by atoms with Crippen LogP contribution in [-0.2, 0) is 11.3 Å². The summed E-state index contributed by atoms with van der Waals surface area (Å²) < 4.78 is 13.0. The Hall–Kier alpha value is -2.20. The topological polar surface area (TPSA) is 32.3 Å². The number of benzene rings is 2. The second kappa shape index (κ2) is 8.26. The number of piperidine rings is 1. The molecule has 0 bridgehead atoms. The van der Waals surface area contributed by atoms with Gasteiger partial charge < -0.3 is 5.32 Å². The fourth-order valence-electron chi connectivity index (χ4n) is 3.36. The van der Waals surface area contributed by atoms with Crippen LogP contribution in [0.1, 0.15) is 36.9 Å². The van der Waals surface area contributed by atoms with Gasteiger partial charge in [0.1, 0.15) is 5.82 Å². The first-order valence-electron chi connectivity index (χ1n) is 8.94. The third-order valence-electron chi connectivity index (χ3n) is 4.94. The molecule has 1 fully saturated rings. The lowest BCUT2D eigenvalue weighted by Gasteiger charge is -2.32. The lowest BCUT2D eigenvalue weighted by atomic mass is 9.95. The van der Waals surface area contributed by atoms with E-state index in [1.54, 1.807) is 0 Å². The lowest BCUT2D eigenvalue weighted by molar-refractivity contribution is -0.127. The molecule has 3 rings (SSSR count). The molecule has 1 heterocycles. The van der Waals surface area contributed by atoms with Crippen LogP contribution in [-0.4, -0.2) is 23.9 Å². The molecule has 1 amide bonds. The predicted octanol–water partition coefficient (Wildman–Crippen LogP) is 3.92. The first kappa shape index (κ1) is 17.6. The van der Waals surface area contributed by atoms with E-state index in [1.165, 1.54) is 12.1 Å². The van der Waals surface area contributed by atoms with E-state index in [9.17, 15) is 9.18 Å². The summed E-state index contributed by atoms with van der Waals surface area (Å²) in [5.74, 6) is 0.0279. The van der Waals surface area contributed by atoms with Crippen LogP contribution in [0.4, 0.5) is 4.39 Å². The summed E-state index contributed by atoms with van der Waals surface area (Å²) in [4.78, 5) is 14.8. The van der Waals surface area contributed by atoms with E-state index in [4.69, 9.17) is 0 Å². The summed E-state index contributed by atoms with van der Waals surface area (Å²) in [5, 5.41) is 3.14. The number of nitrogens with zero attached hydrogens (tertiary/aromatic N) is 1. The zero-order valence-corrected chi connectivity index (χ0v) is 14.6. The molecular weight excluding hydrogens is 315 g/mol. The second-order valence-electron chi connectivity index (χ2n) is 6.82. The summed E-state index contributed by atoms with van der Waals surface area (Å²) >= 11 is 0. The van der Waals surface area contributed by atoms with Crippen LogP contribution in [0.25, 0.3) is 0 Å². The third kappa shape index (κ3) is 4.89. The number of rotatable bonds is 5. The highest BCUT2D eigenvalue weighted by Crippen LogP contribution is 2.21. The van der Waals surface area contributed by atoms with Gasteiger partial charge in [0.05, 0.1) is 6.04 Å². The molecule has 132 valence electrons. The number of nitrogens with one attached hydrogen (secondary N) is 1. The monoisotopic (exact) mass is 340 g/mol. The van der Waals surface area contributed by atoms with Gasteiger partial charge in [0.2, 0.25) is 5.91 Å². The molecule has 25 heavy (non-hydrogen) atoms. The summed E-state index contributed by atoms with van der Waals surface area (Å²) in [6, 6.07) is 16.7. The summed E-state index contributed by atoms with van der Waals surface area (Å²) in [6.45, 7) is 4.64. The fraction of sp³-hybridized carbons (Fsp3) is 0.381. The van der Waals surface area contributed by atoms with Crippen LogP contribution in [0.15, 0.2) is 54.6 Å². The molecule has 1 N–H and O–H groups in total. The van der Waals surface area contributed by atoms with Crippen molar-refractivity contribution < 1.29 is 9.18 Å². The van der Waals surface area contributed by atoms with Crippen molar-refractivity contribution in [1.29, 1.82) is 0 Å². The van der Waals surface area contributed by atoms with Gasteiger partial charge in [0.15, 0.2) is 0 Å². The van der Waals surface area contributed by atoms with Crippen molar-refractivity contribution in [2.75, 3.05) is 13.1 Å². The smallest absolute Gasteiger partial charge is 0.223 e. The Balaban J connectivity index is 1.46. The van der Waals surface area contributed by atoms with E-state index in [2.05, 4.69) is 10.2 Å². The zero-order chi connectivity index (χ0) is 17.6. The van der Waals surface area contributed by atoms with Gasteiger partial charge in [-0.15, -0.1) is 0 Å². The molecule has 4 heteroatoms. The molecule has 0 radical (unpaired) electrons. The van der Waals surface area contributed by atoms with E-state index >= 15 is 0 Å². The van der Waals surface area contributed by atoms with E-state index in [1.807, 2.05) is 49.4 Å². The van der Waals surface area contributed by atoms with Crippen LogP contribution in [0.2, 0.25) is 0 Å². The van der Waals surface area contributed by atoms with E-state index < -0.39 is 0 Å². The van der Waals surface area contributed by atoms with Gasteiger partial charge in [-0.05, 0) is 56.1 Å². The summed E-state index contributed by atoms with van der Waals surface area (Å²) in [7, 11) is 0. The molecule has 2 aromatic carbocycles. The maximum Gasteiger partial charge on any atom is 0.223 e. The quantitative estimate of drug-likeness (QED) is 0.895. The van der Waals surface area contributed by atoms with Crippen molar-refractivity contribution in [2.24, 2.45) is 5.92 Å². The molecule has 0 unspecified atom stereocenters. The van der Waals surface area contributed by atoms with Crippen molar-refractivity contribution in [3.63, 3.8) is 0 Å². The SMILES string of the molecule is C[C@H](NC(=O)C1CCN(Cc2ccc(F)cc2)CC1)c1ccccc1. The van der Waals surface area contributed by atoms with Crippen molar-refractivity contribution in [3.05, 3.63) is 71.5 Å². The Morgan fingerprint density at radius 2 is 1.76 bits per heavy atom. The van der Waals surface area contributed by atoms with E-state index in [-0.39, 0.29) is 23.7 Å². The van der Waals surface area contributed by atoms with Gasteiger partial charge in [0.25, 0.3) is 0 Å². The number of carbonyl (C=O) groups excluding carboxylic acids is 1. The van der Waals surface area contributed by atoms with Crippen molar-refractivity contribution >= 4 is 5.91 Å². The second-order valence-corrected chi connectivity index (χ2v) is 6.82. The van der Waals surface area contributed by atoms with Crippen LogP contribution in [0, 0.1) is 11.7 Å². The van der Waals surface area contributed by atoms with Crippen LogP contribution < -0.4 is 5.32 Å². The molecule has 3 nitrogen and oxygen atoms in total. The number of amides is 1. The van der Waals surface area contributed by atoms with Crippen LogP contribution >= 0.6 is 0 Å². The predicted molar refractivity (Wildman–Crippen MR) is 97.4 cm³/mol. The van der Waals surface area contributed by atoms with Gasteiger partial charge in [-0.3, -0.25) is 9.69 Å². The van der Waals surface area contributed by atoms with Crippen molar-refractivity contribution in [1.82, 2.24) is 10.2 Å². The molecule has 1 atom stereocenters. The number of carbonyl (C=O) groups is 1. The standard InChI is InChI=1S/C21H25FN2O/c1-16(18-5-3-2-4-6-18)23-21(25)19-11-13-24(14-12-19)15-17-7-9-20(22)10-8-17/h2-10,16,19H,11-15H2,1H3,(H,23,25)/t16-/m0/s1. The largest absolute Gasteiger partial charge is 0.349 e. The van der Waals surface area contributed by atoms with Gasteiger partial charge in [-0.2, -0.15) is 0 Å². The number of hydrogen-bond acceptors (Lipinski definition) is 2. The highest BCUT2D eigenvalue weighted by Gasteiger charge is 2.25. The minimum absolute atomic E-state index is 0.0333. The Bertz CT molecular complexity index is 679. The maximum atomic E-state index is 13.0. The minimum atomic E-state index is -0.202. The molecule has 0 aromatic heterocycles. The average Bonchev–Trinajstić information content (AvgIpc) is 2.65. The highest BCUT2D eigenvalue weighted by molar-refractivity contribution is 5.79. The highest BCUT2D eigenvalue weighted by atomic mass is 19.1. The van der Waals surface area contributed by atoms with Gasteiger partial charge in [-0.25, -0.2) is 4.39 Å². The minimum Gasteiger partial charge on any atom is -0.349 e. The molecule has 1 aliphatic heterocycles. The maximum absolute atomic E-state index is 13.0. The summed E-state index contributed by atoms with van der Waals surface area (Å²) in [6.07, 6.45) is 1.74. The van der Waals surface area contributed by atoms with E-state index in [0.29, 0.717) is 0 Å². The molecule has 2 aromatic rings. The number of halogens is 1. The first-order chi connectivity index (χ1) is 12.1. The Labute approximate surface area is 148 Å². The third-order valence-corrected chi connectivity index (χ3v) is 4.94. The normalized spacial score (nSPS) is 17.2. The van der Waals surface area contributed by atoms with Gasteiger partial charge >= 0.3 is 0 Å². The molecule has 1 aliphatic rings. The Morgan fingerprint density at radius 1 is 1.12 bits per heavy atom. The molecule has 1 saturated heterocycles. The van der Waals surface area contributed by atoms with Crippen LogP contribution in [0.5, 0.6) is 0 Å². The van der Waals surface area contributed by atoms with E-state index in [0.717, 1.165) is 43.6 Å². The number of likely N-dealkylation sites (tertiary alicyclic amines) is 1. The lowest BCUT2D eigenvalue weighted by Crippen LogP contribution is -2.40. The van der Waals surface area contributed by atoms with Gasteiger partial charge in [0, 0.05) is 12.5 Å². The summed E-state index contributed by atoms with van der Waals surface area (Å²) in [5.41, 5.74) is 2.24. The van der Waals surface area contributed by atoms with Crippen molar-refractivity contribution in [2.45, 2.75) is 32.4 Å². The average molecular weight is 340 g/mol. The first-order valence-corrected chi connectivity index (χ1v) is 8.94. The number of hydrogen-bond donors (Lipinski definition) is 1. The molecule has 0 saturated carbocycles. The van der Waals surface area contributed by atoms with Crippen molar-refractivity contribution in [3.8, 4) is 0 Å². The molecular formula is C21H25FN2O. The molecule has 0 aliphatic carbocycles. The fourth-order valence-corrected chi connectivity index (χ4v) is 3.36.